The van der Waals surface area contributed by atoms with Crippen LogP contribution in [-0.4, -0.2) is 200 Å². The van der Waals surface area contributed by atoms with E-state index in [1.54, 1.807) is 18.0 Å². The number of rotatable bonds is 24. The number of likely N-dealkylation sites (N-methyl/N-ethyl adjacent to an activating group) is 1. The van der Waals surface area contributed by atoms with E-state index in [0.717, 1.165) is 11.0 Å². The number of piperazine rings is 1. The fourth-order valence-electron chi connectivity index (χ4n) is 8.32. The molecule has 3 aromatic rings. The second-order valence-corrected chi connectivity index (χ2v) is 17.3. The number of imide groups is 2. The summed E-state index contributed by atoms with van der Waals surface area (Å²) in [5.41, 5.74) is -0.609. The Morgan fingerprint density at radius 2 is 1.56 bits per heavy atom. The number of fused-ring (bicyclic) bond motifs is 2. The number of hydrogen-bond donors (Lipinski definition) is 5. The average molecular weight is 1030 g/mol. The molecule has 4 aliphatic rings. The smallest absolute Gasteiger partial charge is 0.279 e. The normalized spacial score (nSPS) is 18.1. The first kappa shape index (κ1) is 53.5. The molecule has 4 heterocycles. The van der Waals surface area contributed by atoms with Gasteiger partial charge in [0.1, 0.15) is 35.6 Å². The van der Waals surface area contributed by atoms with E-state index in [4.69, 9.17) is 35.3 Å². The predicted octanol–water partition coefficient (Wildman–Crippen LogP) is 1.19. The Morgan fingerprint density at radius 1 is 0.903 bits per heavy atom. The van der Waals surface area contributed by atoms with Gasteiger partial charge in [-0.15, -0.1) is 0 Å². The highest BCUT2D eigenvalue weighted by molar-refractivity contribution is 6.33. The van der Waals surface area contributed by atoms with Crippen molar-refractivity contribution in [1.29, 1.82) is 0 Å². The van der Waals surface area contributed by atoms with Crippen molar-refractivity contribution < 1.29 is 76.6 Å². The van der Waals surface area contributed by atoms with Gasteiger partial charge in [-0.25, -0.2) is 13.8 Å². The molecule has 2 unspecified atom stereocenters. The summed E-state index contributed by atoms with van der Waals surface area (Å²) >= 11 is 6.56. The number of nitrogens with one attached hydrogen (secondary N) is 2. The summed E-state index contributed by atoms with van der Waals surface area (Å²) in [7, 11) is 1.62. The molecule has 6 amide bonds. The Morgan fingerprint density at radius 3 is 2.21 bits per heavy atom. The van der Waals surface area contributed by atoms with Gasteiger partial charge in [0.2, 0.25) is 30.0 Å². The van der Waals surface area contributed by atoms with Crippen LogP contribution in [0, 0.1) is 5.82 Å². The van der Waals surface area contributed by atoms with Gasteiger partial charge in [0.05, 0.1) is 75.1 Å². The molecule has 25 heteroatoms. The number of aromatic nitrogens is 2. The van der Waals surface area contributed by atoms with Crippen molar-refractivity contribution in [3.8, 4) is 5.75 Å². The van der Waals surface area contributed by atoms with Gasteiger partial charge in [0.15, 0.2) is 5.82 Å². The zero-order valence-electron chi connectivity index (χ0n) is 39.3. The number of ether oxygens (including phenoxy) is 5. The lowest BCUT2D eigenvalue weighted by Gasteiger charge is -2.36. The van der Waals surface area contributed by atoms with Crippen molar-refractivity contribution in [3.05, 3.63) is 69.8 Å². The third-order valence-electron chi connectivity index (χ3n) is 12.1. The van der Waals surface area contributed by atoms with E-state index in [0.29, 0.717) is 32.2 Å². The molecule has 1 aliphatic carbocycles. The molecule has 0 spiro atoms. The lowest BCUT2D eigenvalue weighted by Crippen LogP contribution is -2.54. The molecule has 72 heavy (non-hydrogen) atoms. The molecule has 22 nitrogen and oxygen atoms in total. The number of carbonyl (C=O) groups is 6. The van der Waals surface area contributed by atoms with Crippen molar-refractivity contribution in [2.75, 3.05) is 116 Å². The Hall–Kier alpha value is -6.25. The van der Waals surface area contributed by atoms with Crippen LogP contribution in [0.4, 0.5) is 20.5 Å². The number of aliphatic hydroxyl groups is 3. The van der Waals surface area contributed by atoms with Crippen LogP contribution in [-0.2, 0) is 38.1 Å². The average Bonchev–Trinajstić information content (AvgIpc) is 3.60. The Bertz CT molecular complexity index is 2600. The minimum absolute atomic E-state index is 0.00283. The molecule has 388 valence electrons. The summed E-state index contributed by atoms with van der Waals surface area (Å²) < 4.78 is 59.4. The first-order valence-corrected chi connectivity index (χ1v) is 23.6. The first-order valence-electron chi connectivity index (χ1n) is 23.3. The van der Waals surface area contributed by atoms with Crippen molar-refractivity contribution in [2.24, 2.45) is 0 Å². The van der Waals surface area contributed by atoms with E-state index in [1.807, 2.05) is 0 Å². The Balaban J connectivity index is 0.767. The van der Waals surface area contributed by atoms with Crippen LogP contribution in [0.25, 0.3) is 16.5 Å². The Kier molecular flexibility index (Phi) is 18.5. The van der Waals surface area contributed by atoms with Gasteiger partial charge >= 0.3 is 0 Å². The zero-order valence-corrected chi connectivity index (χ0v) is 40.0. The zero-order chi connectivity index (χ0) is 51.5. The van der Waals surface area contributed by atoms with Crippen LogP contribution >= 0.6 is 11.6 Å². The van der Waals surface area contributed by atoms with Gasteiger partial charge in [-0.1, -0.05) is 17.7 Å². The minimum Gasteiger partial charge on any atom is -0.491 e. The summed E-state index contributed by atoms with van der Waals surface area (Å²) in [6, 6.07) is 4.80. The predicted molar refractivity (Wildman–Crippen MR) is 252 cm³/mol. The molecule has 2 saturated heterocycles. The van der Waals surface area contributed by atoms with E-state index in [2.05, 4.69) is 20.6 Å². The minimum atomic E-state index is -2.17. The van der Waals surface area contributed by atoms with Crippen LogP contribution in [0.5, 0.6) is 5.75 Å². The van der Waals surface area contributed by atoms with E-state index in [1.165, 1.54) is 34.1 Å². The topological polar surface area (TPSA) is 272 Å². The number of anilines is 2. The molecule has 7 rings (SSSR count). The maximum Gasteiger partial charge on any atom is 0.279 e. The van der Waals surface area contributed by atoms with E-state index >= 15 is 8.78 Å². The summed E-state index contributed by atoms with van der Waals surface area (Å²) in [6.45, 7) is 3.30. The summed E-state index contributed by atoms with van der Waals surface area (Å²) in [5.74, 6) is -4.75. The van der Waals surface area contributed by atoms with Gasteiger partial charge in [0, 0.05) is 75.7 Å². The van der Waals surface area contributed by atoms with Crippen molar-refractivity contribution in [3.63, 3.8) is 0 Å². The molecule has 1 aromatic heterocycles. The highest BCUT2D eigenvalue weighted by Gasteiger charge is 2.45. The quantitative estimate of drug-likeness (QED) is 0.0479. The van der Waals surface area contributed by atoms with Crippen molar-refractivity contribution >= 4 is 75.3 Å². The molecule has 2 atom stereocenters. The summed E-state index contributed by atoms with van der Waals surface area (Å²) in [5, 5.41) is 34.5. The second kappa shape index (κ2) is 24.9. The third kappa shape index (κ3) is 12.9. The molecule has 0 radical (unpaired) electrons. The third-order valence-corrected chi connectivity index (χ3v) is 12.4. The number of carbonyl (C=O) groups excluding carboxylic acids is 6. The molecule has 2 aromatic carbocycles. The van der Waals surface area contributed by atoms with Gasteiger partial charge in [-0.05, 0) is 43.2 Å². The molecule has 2 fully saturated rings. The van der Waals surface area contributed by atoms with Crippen LogP contribution in [0.2, 0.25) is 5.02 Å². The lowest BCUT2D eigenvalue weighted by molar-refractivity contribution is -0.159. The summed E-state index contributed by atoms with van der Waals surface area (Å²) in [4.78, 5) is 89.2. The number of aliphatic hydroxyl groups excluding tert-OH is 2. The second-order valence-electron chi connectivity index (χ2n) is 16.9. The fraction of sp³-hybridized carbons (Fsp3) is 0.489. The number of halogens is 3. The largest absolute Gasteiger partial charge is 0.491 e. The van der Waals surface area contributed by atoms with Crippen LogP contribution in [0.3, 0.4) is 0 Å². The van der Waals surface area contributed by atoms with Crippen LogP contribution in [0.15, 0.2) is 42.2 Å². The maximum absolute atomic E-state index is 16.5. The van der Waals surface area contributed by atoms with Crippen LogP contribution in [0.1, 0.15) is 52.0 Å². The number of nitrogens with zero attached hydrogens (tertiary/aromatic N) is 6. The molecule has 5 N–H and O–H groups in total. The van der Waals surface area contributed by atoms with Gasteiger partial charge < -0.3 is 59.0 Å². The van der Waals surface area contributed by atoms with E-state index < -0.39 is 59.6 Å². The standard InChI is InChI=1S/C47H55ClF2N8O14/c1-55(15-16-68-17-18-69-19-20-70-21-22-71-23-24-72-27-5-6-28-29(25-27)44(64)58(43(28)63)33-7-8-35(60)52-42(33)62)36(61)9-10-51-47-53-40-30(41(54-47)56-11-13-57(14-12-56)45(65)46(66)67)26-31(48)37(39(40)50)38-32(49)3-2-4-34(38)59/h2-3,5-6,25-26,33-34,46,59,66-67H,4,7-24H2,1H3,(H,51,53,54)(H,52,60,62). The molecular weight excluding hydrogens is 974 g/mol. The number of benzene rings is 2. The fourth-order valence-corrected chi connectivity index (χ4v) is 8.61. The van der Waals surface area contributed by atoms with Gasteiger partial charge in [0.25, 0.3) is 17.7 Å². The van der Waals surface area contributed by atoms with Gasteiger partial charge in [-0.3, -0.25) is 39.0 Å². The van der Waals surface area contributed by atoms with Crippen LogP contribution < -0.4 is 20.3 Å². The highest BCUT2D eigenvalue weighted by Crippen LogP contribution is 2.41. The number of amides is 6. The monoisotopic (exact) mass is 1030 g/mol. The number of allylic oxidation sites excluding steroid dienone is 2. The SMILES string of the molecule is CN(CCOCCOCCOCCOCCOc1ccc2c(c1)C(=O)N(C1CCC(=O)NC1=O)C2=O)C(=O)CCNc1nc(N2CCN(C(=O)C(O)O)CC2)c2cc(Cl)c(C3=C(F)C=CCC3O)c(F)c2n1. The van der Waals surface area contributed by atoms with Crippen molar-refractivity contribution in [1.82, 2.24) is 30.0 Å². The van der Waals surface area contributed by atoms with E-state index in [-0.39, 0.29) is 154 Å². The molecule has 0 saturated carbocycles. The van der Waals surface area contributed by atoms with E-state index in [9.17, 15) is 44.1 Å². The lowest BCUT2D eigenvalue weighted by atomic mass is 9.92. The number of piperidine rings is 1. The first-order chi connectivity index (χ1) is 34.6. The maximum atomic E-state index is 16.5. The van der Waals surface area contributed by atoms with Crippen molar-refractivity contribution in [2.45, 2.75) is 44.1 Å². The number of hydrogen-bond acceptors (Lipinski definition) is 18. The molecule has 0 bridgehead atoms. The highest BCUT2D eigenvalue weighted by atomic mass is 35.5. The molecule has 3 aliphatic heterocycles. The van der Waals surface area contributed by atoms with Gasteiger partial charge in [-0.2, -0.15) is 4.98 Å². The summed E-state index contributed by atoms with van der Waals surface area (Å²) in [6.07, 6.45) is -0.832. The molecular formula is C47H55ClF2N8O14. The Labute approximate surface area is 416 Å².